The topological polar surface area (TPSA) is 72.3 Å². The molecule has 1 saturated heterocycles. The SMILES string of the molecule is CC1CN(S(=O)(=O)c2ccnn2C)CCC1=O. The predicted molar refractivity (Wildman–Crippen MR) is 60.8 cm³/mol. The molecule has 0 saturated carbocycles. The first-order valence-electron chi connectivity index (χ1n) is 5.44. The first kappa shape index (κ1) is 12.3. The molecule has 1 aromatic rings. The predicted octanol–water partition coefficient (Wildman–Crippen LogP) is 0.0197. The molecule has 1 aromatic heterocycles. The summed E-state index contributed by atoms with van der Waals surface area (Å²) in [5, 5.41) is 4.02. The smallest absolute Gasteiger partial charge is 0.260 e. The fourth-order valence-corrected chi connectivity index (χ4v) is 3.58. The molecule has 0 radical (unpaired) electrons. The van der Waals surface area contributed by atoms with E-state index in [0.29, 0.717) is 0 Å². The van der Waals surface area contributed by atoms with Crippen molar-refractivity contribution in [2.45, 2.75) is 18.4 Å². The largest absolute Gasteiger partial charge is 0.299 e. The Morgan fingerprint density at radius 2 is 2.18 bits per heavy atom. The van der Waals surface area contributed by atoms with E-state index < -0.39 is 10.0 Å². The molecular formula is C10H15N3O3S. The third kappa shape index (κ3) is 2.12. The zero-order chi connectivity index (χ0) is 12.6. The summed E-state index contributed by atoms with van der Waals surface area (Å²) in [5.41, 5.74) is 0. The molecule has 0 aliphatic carbocycles. The number of sulfonamides is 1. The number of aromatic nitrogens is 2. The molecule has 17 heavy (non-hydrogen) atoms. The van der Waals surface area contributed by atoms with E-state index in [-0.39, 0.29) is 36.2 Å². The Kier molecular flexibility index (Phi) is 3.05. The van der Waals surface area contributed by atoms with Gasteiger partial charge in [0.2, 0.25) is 0 Å². The van der Waals surface area contributed by atoms with Gasteiger partial charge in [-0.25, -0.2) is 8.42 Å². The molecule has 0 spiro atoms. The number of ketones is 1. The van der Waals surface area contributed by atoms with Gasteiger partial charge in [0.25, 0.3) is 10.0 Å². The molecule has 7 heteroatoms. The van der Waals surface area contributed by atoms with Crippen molar-refractivity contribution in [1.82, 2.24) is 14.1 Å². The van der Waals surface area contributed by atoms with Crippen LogP contribution in [0.25, 0.3) is 0 Å². The first-order chi connectivity index (χ1) is 7.93. The van der Waals surface area contributed by atoms with Gasteiger partial charge >= 0.3 is 0 Å². The Hall–Kier alpha value is -1.21. The van der Waals surface area contributed by atoms with Crippen LogP contribution in [0.5, 0.6) is 0 Å². The first-order valence-corrected chi connectivity index (χ1v) is 6.88. The quantitative estimate of drug-likeness (QED) is 0.748. The highest BCUT2D eigenvalue weighted by Crippen LogP contribution is 2.20. The van der Waals surface area contributed by atoms with Crippen LogP contribution in [0.3, 0.4) is 0 Å². The van der Waals surface area contributed by atoms with Crippen LogP contribution in [-0.4, -0.2) is 41.4 Å². The van der Waals surface area contributed by atoms with Crippen LogP contribution in [-0.2, 0) is 21.9 Å². The molecule has 1 aliphatic rings. The molecule has 1 fully saturated rings. The van der Waals surface area contributed by atoms with Crippen molar-refractivity contribution in [3.8, 4) is 0 Å². The van der Waals surface area contributed by atoms with E-state index in [2.05, 4.69) is 5.10 Å². The zero-order valence-electron chi connectivity index (χ0n) is 9.83. The van der Waals surface area contributed by atoms with Gasteiger partial charge in [-0.3, -0.25) is 9.48 Å². The lowest BCUT2D eigenvalue weighted by molar-refractivity contribution is -0.124. The second-order valence-electron chi connectivity index (χ2n) is 4.27. The minimum absolute atomic E-state index is 0.126. The number of hydrogen-bond acceptors (Lipinski definition) is 4. The average Bonchev–Trinajstić information content (AvgIpc) is 2.69. The molecule has 0 amide bonds. The highest BCUT2D eigenvalue weighted by Gasteiger charge is 2.33. The normalized spacial score (nSPS) is 22.9. The van der Waals surface area contributed by atoms with Gasteiger partial charge in [0.1, 0.15) is 5.78 Å². The number of carbonyl (C=O) groups is 1. The lowest BCUT2D eigenvalue weighted by Gasteiger charge is -2.28. The van der Waals surface area contributed by atoms with Gasteiger partial charge in [0.15, 0.2) is 5.03 Å². The van der Waals surface area contributed by atoms with Gasteiger partial charge in [-0.05, 0) is 6.07 Å². The highest BCUT2D eigenvalue weighted by molar-refractivity contribution is 7.89. The van der Waals surface area contributed by atoms with Gasteiger partial charge in [0.05, 0.1) is 6.20 Å². The van der Waals surface area contributed by atoms with Crippen LogP contribution in [0, 0.1) is 5.92 Å². The summed E-state index contributed by atoms with van der Waals surface area (Å²) in [6.07, 6.45) is 1.74. The Morgan fingerprint density at radius 3 is 2.71 bits per heavy atom. The van der Waals surface area contributed by atoms with Crippen molar-refractivity contribution in [3.05, 3.63) is 12.3 Å². The van der Waals surface area contributed by atoms with Crippen molar-refractivity contribution in [3.63, 3.8) is 0 Å². The summed E-state index contributed by atoms with van der Waals surface area (Å²) < 4.78 is 27.2. The minimum Gasteiger partial charge on any atom is -0.299 e. The molecule has 0 N–H and O–H groups in total. The monoisotopic (exact) mass is 257 g/mol. The zero-order valence-corrected chi connectivity index (χ0v) is 10.6. The lowest BCUT2D eigenvalue weighted by Crippen LogP contribution is -2.43. The summed E-state index contributed by atoms with van der Waals surface area (Å²) >= 11 is 0. The van der Waals surface area contributed by atoms with E-state index in [1.807, 2.05) is 0 Å². The third-order valence-electron chi connectivity index (χ3n) is 3.01. The molecule has 2 rings (SSSR count). The summed E-state index contributed by atoms with van der Waals surface area (Å²) in [6, 6.07) is 1.47. The standard InChI is InChI=1S/C10H15N3O3S/c1-8-7-13(6-4-9(8)14)17(15,16)10-3-5-11-12(10)2/h3,5,8H,4,6-7H2,1-2H3. The molecule has 1 unspecified atom stereocenters. The van der Waals surface area contributed by atoms with Crippen LogP contribution in [0.1, 0.15) is 13.3 Å². The number of rotatable bonds is 2. The van der Waals surface area contributed by atoms with Gasteiger partial charge in [0, 0.05) is 32.5 Å². The maximum atomic E-state index is 12.3. The van der Waals surface area contributed by atoms with Gasteiger partial charge in [-0.15, -0.1) is 0 Å². The maximum absolute atomic E-state index is 12.3. The van der Waals surface area contributed by atoms with Gasteiger partial charge in [-0.2, -0.15) is 9.40 Å². The van der Waals surface area contributed by atoms with Crippen LogP contribution in [0.4, 0.5) is 0 Å². The minimum atomic E-state index is -3.52. The molecule has 1 atom stereocenters. The van der Waals surface area contributed by atoms with Crippen molar-refractivity contribution < 1.29 is 13.2 Å². The number of carbonyl (C=O) groups excluding carboxylic acids is 1. The summed E-state index contributed by atoms with van der Waals surface area (Å²) in [7, 11) is -1.94. The summed E-state index contributed by atoms with van der Waals surface area (Å²) in [5.74, 6) is -0.104. The fraction of sp³-hybridized carbons (Fsp3) is 0.600. The van der Waals surface area contributed by atoms with Crippen LogP contribution in [0.15, 0.2) is 17.3 Å². The van der Waals surface area contributed by atoms with E-state index in [1.165, 1.54) is 21.3 Å². The van der Waals surface area contributed by atoms with E-state index in [9.17, 15) is 13.2 Å². The van der Waals surface area contributed by atoms with Crippen LogP contribution in [0.2, 0.25) is 0 Å². The number of aryl methyl sites for hydroxylation is 1. The summed E-state index contributed by atoms with van der Waals surface area (Å²) in [4.78, 5) is 11.4. The van der Waals surface area contributed by atoms with E-state index in [1.54, 1.807) is 14.0 Å². The molecule has 94 valence electrons. The van der Waals surface area contributed by atoms with Crippen molar-refractivity contribution in [2.24, 2.45) is 13.0 Å². The van der Waals surface area contributed by atoms with E-state index in [4.69, 9.17) is 0 Å². The molecule has 1 aliphatic heterocycles. The maximum Gasteiger partial charge on any atom is 0.260 e. The number of piperidine rings is 1. The molecule has 6 nitrogen and oxygen atoms in total. The van der Waals surface area contributed by atoms with Crippen LogP contribution >= 0.6 is 0 Å². The number of hydrogen-bond donors (Lipinski definition) is 0. The Morgan fingerprint density at radius 1 is 1.47 bits per heavy atom. The lowest BCUT2D eigenvalue weighted by atomic mass is 10.0. The number of nitrogens with zero attached hydrogens (tertiary/aromatic N) is 3. The summed E-state index contributed by atoms with van der Waals surface area (Å²) in [6.45, 7) is 2.27. The van der Waals surface area contributed by atoms with Gasteiger partial charge < -0.3 is 0 Å². The van der Waals surface area contributed by atoms with Gasteiger partial charge in [-0.1, -0.05) is 6.92 Å². The number of Topliss-reactive ketones (excluding diaryl/α,β-unsaturated/α-hetero) is 1. The third-order valence-corrected chi connectivity index (χ3v) is 4.96. The van der Waals surface area contributed by atoms with Crippen molar-refractivity contribution >= 4 is 15.8 Å². The second-order valence-corrected chi connectivity index (χ2v) is 6.16. The van der Waals surface area contributed by atoms with Crippen molar-refractivity contribution in [1.29, 1.82) is 0 Å². The van der Waals surface area contributed by atoms with Crippen LogP contribution < -0.4 is 0 Å². The molecule has 0 bridgehead atoms. The Balaban J connectivity index is 2.29. The molecule has 2 heterocycles. The Bertz CT molecular complexity index is 535. The van der Waals surface area contributed by atoms with E-state index in [0.717, 1.165) is 0 Å². The van der Waals surface area contributed by atoms with Crippen molar-refractivity contribution in [2.75, 3.05) is 13.1 Å². The Labute approximate surface area is 100 Å². The molecular weight excluding hydrogens is 242 g/mol. The second kappa shape index (κ2) is 4.23. The van der Waals surface area contributed by atoms with E-state index >= 15 is 0 Å². The molecule has 0 aromatic carbocycles. The fourth-order valence-electron chi connectivity index (χ4n) is 1.95. The average molecular weight is 257 g/mol. The highest BCUT2D eigenvalue weighted by atomic mass is 32.2.